The standard InChI is InChI=1S/C13H14N2O3/c1-17-10-4-3-8(5-11(10)18-2)9-6-12(14)15-13(16)7-9/h3-7H,1-2H3,(H3,14,15,16). The summed E-state index contributed by atoms with van der Waals surface area (Å²) >= 11 is 0. The van der Waals surface area contributed by atoms with Crippen LogP contribution in [0.15, 0.2) is 35.1 Å². The van der Waals surface area contributed by atoms with Crippen molar-refractivity contribution in [2.75, 3.05) is 20.0 Å². The fraction of sp³-hybridized carbons (Fsp3) is 0.154. The van der Waals surface area contributed by atoms with E-state index in [0.717, 1.165) is 11.1 Å². The molecule has 1 heterocycles. The maximum Gasteiger partial charge on any atom is 0.250 e. The molecule has 3 N–H and O–H groups in total. The molecule has 0 amide bonds. The molecule has 5 nitrogen and oxygen atoms in total. The molecule has 0 saturated carbocycles. The van der Waals surface area contributed by atoms with Crippen LogP contribution in [-0.4, -0.2) is 19.2 Å². The average Bonchev–Trinajstić information content (AvgIpc) is 2.36. The molecule has 0 radical (unpaired) electrons. The van der Waals surface area contributed by atoms with Crippen molar-refractivity contribution in [1.29, 1.82) is 0 Å². The summed E-state index contributed by atoms with van der Waals surface area (Å²) in [6, 6.07) is 8.61. The van der Waals surface area contributed by atoms with E-state index in [4.69, 9.17) is 15.2 Å². The molecule has 0 saturated heterocycles. The van der Waals surface area contributed by atoms with Gasteiger partial charge in [0, 0.05) is 6.07 Å². The third-order valence-corrected chi connectivity index (χ3v) is 2.58. The summed E-state index contributed by atoms with van der Waals surface area (Å²) in [7, 11) is 3.14. The molecular weight excluding hydrogens is 232 g/mol. The molecular formula is C13H14N2O3. The summed E-state index contributed by atoms with van der Waals surface area (Å²) in [5.74, 6) is 1.57. The van der Waals surface area contributed by atoms with Crippen molar-refractivity contribution in [3.05, 3.63) is 40.7 Å². The molecule has 18 heavy (non-hydrogen) atoms. The number of nitrogens with one attached hydrogen (secondary N) is 1. The second-order valence-corrected chi connectivity index (χ2v) is 3.76. The number of rotatable bonds is 3. The first-order chi connectivity index (χ1) is 8.63. The van der Waals surface area contributed by atoms with Gasteiger partial charge in [-0.15, -0.1) is 0 Å². The van der Waals surface area contributed by atoms with Gasteiger partial charge in [-0.2, -0.15) is 0 Å². The predicted molar refractivity (Wildman–Crippen MR) is 70.0 cm³/mol. The zero-order valence-electron chi connectivity index (χ0n) is 10.2. The topological polar surface area (TPSA) is 77.3 Å². The third kappa shape index (κ3) is 2.29. The van der Waals surface area contributed by atoms with Crippen LogP contribution in [0.25, 0.3) is 11.1 Å². The van der Waals surface area contributed by atoms with E-state index in [0.29, 0.717) is 17.3 Å². The Bertz CT molecular complexity index is 620. The molecule has 0 bridgehead atoms. The Kier molecular flexibility index (Phi) is 3.23. The summed E-state index contributed by atoms with van der Waals surface area (Å²) in [5, 5.41) is 0. The van der Waals surface area contributed by atoms with Gasteiger partial charge in [0.2, 0.25) is 5.56 Å². The monoisotopic (exact) mass is 246 g/mol. The minimum Gasteiger partial charge on any atom is -0.493 e. The maximum absolute atomic E-state index is 11.4. The highest BCUT2D eigenvalue weighted by Crippen LogP contribution is 2.32. The number of nitrogens with two attached hydrogens (primary N) is 1. The highest BCUT2D eigenvalue weighted by atomic mass is 16.5. The second kappa shape index (κ2) is 4.83. The van der Waals surface area contributed by atoms with E-state index < -0.39 is 0 Å². The predicted octanol–water partition coefficient (Wildman–Crippen LogP) is 1.64. The lowest BCUT2D eigenvalue weighted by Gasteiger charge is -2.09. The van der Waals surface area contributed by atoms with Crippen molar-refractivity contribution >= 4 is 5.82 Å². The minimum absolute atomic E-state index is 0.236. The first-order valence-electron chi connectivity index (χ1n) is 5.36. The van der Waals surface area contributed by atoms with E-state index in [9.17, 15) is 4.79 Å². The molecule has 94 valence electrons. The zero-order valence-corrected chi connectivity index (χ0v) is 10.2. The zero-order chi connectivity index (χ0) is 13.1. The molecule has 5 heteroatoms. The van der Waals surface area contributed by atoms with Gasteiger partial charge in [0.15, 0.2) is 11.5 Å². The van der Waals surface area contributed by atoms with E-state index in [1.54, 1.807) is 32.4 Å². The van der Waals surface area contributed by atoms with Crippen LogP contribution in [0, 0.1) is 0 Å². The van der Waals surface area contributed by atoms with E-state index in [1.165, 1.54) is 6.07 Å². The largest absolute Gasteiger partial charge is 0.493 e. The van der Waals surface area contributed by atoms with Gasteiger partial charge in [-0.25, -0.2) is 0 Å². The number of hydrogen-bond acceptors (Lipinski definition) is 4. The molecule has 0 atom stereocenters. The number of ether oxygens (including phenoxy) is 2. The quantitative estimate of drug-likeness (QED) is 0.863. The van der Waals surface area contributed by atoms with Gasteiger partial charge < -0.3 is 20.2 Å². The Morgan fingerprint density at radius 3 is 2.33 bits per heavy atom. The highest BCUT2D eigenvalue weighted by Gasteiger charge is 2.07. The SMILES string of the molecule is COc1ccc(-c2cc(N)[nH]c(=O)c2)cc1OC. The normalized spacial score (nSPS) is 10.1. The minimum atomic E-state index is -0.236. The number of anilines is 1. The molecule has 2 aromatic rings. The summed E-state index contributed by atoms with van der Waals surface area (Å²) in [4.78, 5) is 13.9. The van der Waals surface area contributed by atoms with E-state index in [2.05, 4.69) is 4.98 Å². The van der Waals surface area contributed by atoms with Gasteiger partial charge in [0.05, 0.1) is 14.2 Å². The molecule has 2 rings (SSSR count). The third-order valence-electron chi connectivity index (χ3n) is 2.58. The van der Waals surface area contributed by atoms with Gasteiger partial charge in [-0.1, -0.05) is 6.07 Å². The van der Waals surface area contributed by atoms with Crippen LogP contribution in [0.5, 0.6) is 11.5 Å². The van der Waals surface area contributed by atoms with Gasteiger partial charge in [-0.05, 0) is 29.3 Å². The summed E-state index contributed by atoms with van der Waals surface area (Å²) in [5.41, 5.74) is 6.95. The van der Waals surface area contributed by atoms with Gasteiger partial charge >= 0.3 is 0 Å². The number of aromatic nitrogens is 1. The Hall–Kier alpha value is -2.43. The van der Waals surface area contributed by atoms with Crippen molar-refractivity contribution in [3.63, 3.8) is 0 Å². The van der Waals surface area contributed by atoms with Crippen LogP contribution in [0.1, 0.15) is 0 Å². The first-order valence-corrected chi connectivity index (χ1v) is 5.36. The molecule has 0 fully saturated rings. The van der Waals surface area contributed by atoms with Crippen molar-refractivity contribution < 1.29 is 9.47 Å². The Balaban J connectivity index is 2.54. The van der Waals surface area contributed by atoms with Crippen LogP contribution >= 0.6 is 0 Å². The molecule has 0 aliphatic carbocycles. The smallest absolute Gasteiger partial charge is 0.250 e. The number of H-pyrrole nitrogens is 1. The number of pyridine rings is 1. The van der Waals surface area contributed by atoms with Crippen LogP contribution < -0.4 is 20.8 Å². The van der Waals surface area contributed by atoms with Gasteiger partial charge in [-0.3, -0.25) is 4.79 Å². The maximum atomic E-state index is 11.4. The van der Waals surface area contributed by atoms with Gasteiger partial charge in [0.1, 0.15) is 5.82 Å². The fourth-order valence-corrected chi connectivity index (χ4v) is 1.75. The first kappa shape index (κ1) is 12.0. The number of nitrogen functional groups attached to an aromatic ring is 1. The van der Waals surface area contributed by atoms with Crippen molar-refractivity contribution in [3.8, 4) is 22.6 Å². The Morgan fingerprint density at radius 1 is 1.00 bits per heavy atom. The van der Waals surface area contributed by atoms with Gasteiger partial charge in [0.25, 0.3) is 0 Å². The summed E-state index contributed by atoms with van der Waals surface area (Å²) in [6.07, 6.45) is 0. The number of aromatic amines is 1. The van der Waals surface area contributed by atoms with E-state index in [-0.39, 0.29) is 5.56 Å². The Labute approximate surface area is 104 Å². The van der Waals surface area contributed by atoms with Crippen LogP contribution in [0.4, 0.5) is 5.82 Å². The molecule has 1 aromatic heterocycles. The molecule has 0 spiro atoms. The molecule has 0 unspecified atom stereocenters. The summed E-state index contributed by atoms with van der Waals surface area (Å²) in [6.45, 7) is 0. The lowest BCUT2D eigenvalue weighted by molar-refractivity contribution is 0.355. The van der Waals surface area contributed by atoms with Crippen LogP contribution in [0.2, 0.25) is 0 Å². The number of methoxy groups -OCH3 is 2. The number of benzene rings is 1. The fourth-order valence-electron chi connectivity index (χ4n) is 1.75. The van der Waals surface area contributed by atoms with Crippen molar-refractivity contribution in [2.45, 2.75) is 0 Å². The Morgan fingerprint density at radius 2 is 1.72 bits per heavy atom. The molecule has 1 aromatic carbocycles. The molecule has 0 aliphatic heterocycles. The highest BCUT2D eigenvalue weighted by molar-refractivity contribution is 5.68. The van der Waals surface area contributed by atoms with Crippen molar-refractivity contribution in [1.82, 2.24) is 4.98 Å². The average molecular weight is 246 g/mol. The number of hydrogen-bond donors (Lipinski definition) is 2. The van der Waals surface area contributed by atoms with Crippen LogP contribution in [0.3, 0.4) is 0 Å². The lowest BCUT2D eigenvalue weighted by Crippen LogP contribution is -2.07. The summed E-state index contributed by atoms with van der Waals surface area (Å²) < 4.78 is 10.4. The van der Waals surface area contributed by atoms with E-state index in [1.807, 2.05) is 6.07 Å². The van der Waals surface area contributed by atoms with Crippen LogP contribution in [-0.2, 0) is 0 Å². The second-order valence-electron chi connectivity index (χ2n) is 3.76. The molecule has 0 aliphatic rings. The van der Waals surface area contributed by atoms with E-state index >= 15 is 0 Å². The van der Waals surface area contributed by atoms with Crippen molar-refractivity contribution in [2.24, 2.45) is 0 Å². The lowest BCUT2D eigenvalue weighted by atomic mass is 10.1.